The summed E-state index contributed by atoms with van der Waals surface area (Å²) in [5, 5.41) is 3.49. The minimum absolute atomic E-state index is 0.908. The molecule has 3 heteroatoms. The molecule has 18 heavy (non-hydrogen) atoms. The van der Waals surface area contributed by atoms with Crippen molar-refractivity contribution in [2.45, 2.75) is 32.2 Å². The lowest BCUT2D eigenvalue weighted by Gasteiger charge is -2.24. The summed E-state index contributed by atoms with van der Waals surface area (Å²) in [6.07, 6.45) is 9.24. The number of hydrogen-bond donors (Lipinski definition) is 1. The molecule has 1 saturated heterocycles. The lowest BCUT2D eigenvalue weighted by Crippen LogP contribution is -2.30. The van der Waals surface area contributed by atoms with Crippen LogP contribution >= 0.6 is 0 Å². The van der Waals surface area contributed by atoms with Crippen LogP contribution in [0.4, 0.5) is 0 Å². The van der Waals surface area contributed by atoms with Crippen molar-refractivity contribution in [2.75, 3.05) is 26.7 Å². The largest absolute Gasteiger partial charge is 0.316 e. The zero-order valence-electron chi connectivity index (χ0n) is 11.4. The first kappa shape index (κ1) is 13.5. The number of aromatic nitrogens is 1. The predicted octanol–water partition coefficient (Wildman–Crippen LogP) is 2.29. The van der Waals surface area contributed by atoms with Crippen molar-refractivity contribution in [3.05, 3.63) is 30.1 Å². The van der Waals surface area contributed by atoms with E-state index < -0.39 is 0 Å². The summed E-state index contributed by atoms with van der Waals surface area (Å²) in [5.74, 6) is 0.908. The van der Waals surface area contributed by atoms with E-state index in [9.17, 15) is 0 Å². The predicted molar refractivity (Wildman–Crippen MR) is 75.4 cm³/mol. The Balaban J connectivity index is 1.61. The van der Waals surface area contributed by atoms with Crippen LogP contribution < -0.4 is 5.32 Å². The number of nitrogens with one attached hydrogen (secondary N) is 1. The molecule has 2 heterocycles. The fourth-order valence-electron chi connectivity index (χ4n) is 2.70. The van der Waals surface area contributed by atoms with E-state index in [1.54, 1.807) is 0 Å². The summed E-state index contributed by atoms with van der Waals surface area (Å²) in [4.78, 5) is 6.55. The van der Waals surface area contributed by atoms with Crippen molar-refractivity contribution in [1.29, 1.82) is 0 Å². The van der Waals surface area contributed by atoms with Gasteiger partial charge in [0.2, 0.25) is 0 Å². The van der Waals surface area contributed by atoms with Crippen molar-refractivity contribution in [2.24, 2.45) is 5.92 Å². The molecule has 0 amide bonds. The van der Waals surface area contributed by atoms with Crippen molar-refractivity contribution in [3.63, 3.8) is 0 Å². The van der Waals surface area contributed by atoms with E-state index in [0.717, 1.165) is 12.5 Å². The smallest absolute Gasteiger partial charge is 0.0312 e. The maximum atomic E-state index is 4.16. The minimum atomic E-state index is 0.908. The third kappa shape index (κ3) is 4.75. The van der Waals surface area contributed by atoms with Gasteiger partial charge in [-0.15, -0.1) is 0 Å². The van der Waals surface area contributed by atoms with E-state index in [2.05, 4.69) is 28.3 Å². The summed E-state index contributed by atoms with van der Waals surface area (Å²) in [6.45, 7) is 4.64. The number of hydrogen-bond acceptors (Lipinski definition) is 3. The molecule has 2 rings (SSSR count). The van der Waals surface area contributed by atoms with Crippen molar-refractivity contribution in [3.8, 4) is 0 Å². The number of piperidine rings is 1. The molecule has 0 saturated carbocycles. The molecule has 0 spiro atoms. The number of nitrogens with zero attached hydrogens (tertiary/aromatic N) is 2. The van der Waals surface area contributed by atoms with Gasteiger partial charge in [0.25, 0.3) is 0 Å². The highest BCUT2D eigenvalue weighted by Crippen LogP contribution is 2.16. The summed E-state index contributed by atoms with van der Waals surface area (Å²) in [7, 11) is 2.20. The van der Waals surface area contributed by atoms with Gasteiger partial charge in [0.15, 0.2) is 0 Å². The van der Waals surface area contributed by atoms with Gasteiger partial charge in [-0.3, -0.25) is 4.98 Å². The van der Waals surface area contributed by atoms with Crippen LogP contribution in [0.15, 0.2) is 24.5 Å². The number of pyridine rings is 1. The van der Waals surface area contributed by atoms with E-state index >= 15 is 0 Å². The normalized spacial score (nSPS) is 20.2. The van der Waals surface area contributed by atoms with Gasteiger partial charge in [0, 0.05) is 18.9 Å². The zero-order valence-corrected chi connectivity index (χ0v) is 11.4. The molecule has 1 atom stereocenters. The van der Waals surface area contributed by atoms with Crippen molar-refractivity contribution in [1.82, 2.24) is 15.2 Å². The van der Waals surface area contributed by atoms with Gasteiger partial charge < -0.3 is 10.2 Å². The first-order chi connectivity index (χ1) is 8.84. The fraction of sp³-hybridized carbons (Fsp3) is 0.667. The highest BCUT2D eigenvalue weighted by Gasteiger charge is 2.12. The second-order valence-electron chi connectivity index (χ2n) is 5.45. The van der Waals surface area contributed by atoms with E-state index in [1.165, 1.54) is 50.9 Å². The van der Waals surface area contributed by atoms with Crippen molar-refractivity contribution >= 4 is 0 Å². The Morgan fingerprint density at radius 1 is 1.50 bits per heavy atom. The Bertz CT molecular complexity index is 320. The molecule has 0 aliphatic carbocycles. The molecule has 1 fully saturated rings. The van der Waals surface area contributed by atoms with Crippen LogP contribution in [-0.2, 0) is 6.54 Å². The molecule has 0 radical (unpaired) electrons. The van der Waals surface area contributed by atoms with Crippen molar-refractivity contribution < 1.29 is 0 Å². The second-order valence-corrected chi connectivity index (χ2v) is 5.45. The molecule has 1 aromatic heterocycles. The molecule has 1 aromatic rings. The first-order valence-corrected chi connectivity index (χ1v) is 7.13. The highest BCUT2D eigenvalue weighted by atomic mass is 15.1. The maximum absolute atomic E-state index is 4.16. The van der Waals surface area contributed by atoms with E-state index in [1.807, 2.05) is 18.5 Å². The summed E-state index contributed by atoms with van der Waals surface area (Å²) >= 11 is 0. The third-order valence-electron chi connectivity index (χ3n) is 3.73. The van der Waals surface area contributed by atoms with Crippen LogP contribution in [0.25, 0.3) is 0 Å². The average Bonchev–Trinajstić information content (AvgIpc) is 2.41. The van der Waals surface area contributed by atoms with Gasteiger partial charge in [-0.2, -0.15) is 0 Å². The van der Waals surface area contributed by atoms with Crippen LogP contribution in [0.3, 0.4) is 0 Å². The molecular weight excluding hydrogens is 222 g/mol. The van der Waals surface area contributed by atoms with Crippen LogP contribution in [0.5, 0.6) is 0 Å². The Hall–Kier alpha value is -0.930. The maximum Gasteiger partial charge on any atom is 0.0312 e. The molecule has 100 valence electrons. The Morgan fingerprint density at radius 3 is 3.17 bits per heavy atom. The average molecular weight is 247 g/mol. The van der Waals surface area contributed by atoms with Gasteiger partial charge in [0.05, 0.1) is 0 Å². The first-order valence-electron chi connectivity index (χ1n) is 7.13. The summed E-state index contributed by atoms with van der Waals surface area (Å²) in [5.41, 5.74) is 1.30. The number of rotatable bonds is 6. The molecule has 1 aliphatic heterocycles. The lowest BCUT2D eigenvalue weighted by atomic mass is 9.95. The van der Waals surface area contributed by atoms with Gasteiger partial charge >= 0.3 is 0 Å². The summed E-state index contributed by atoms with van der Waals surface area (Å²) in [6, 6.07) is 4.16. The van der Waals surface area contributed by atoms with Crippen LogP contribution in [0.1, 0.15) is 31.2 Å². The molecule has 0 bridgehead atoms. The lowest BCUT2D eigenvalue weighted by molar-refractivity contribution is 0.287. The van der Waals surface area contributed by atoms with Gasteiger partial charge in [0.1, 0.15) is 0 Å². The monoisotopic (exact) mass is 247 g/mol. The molecule has 1 unspecified atom stereocenters. The second kappa shape index (κ2) is 7.49. The Labute approximate surface area is 111 Å². The topological polar surface area (TPSA) is 28.2 Å². The molecule has 1 N–H and O–H groups in total. The molecule has 0 aromatic carbocycles. The molecule has 3 nitrogen and oxygen atoms in total. The fourth-order valence-corrected chi connectivity index (χ4v) is 2.70. The molecule has 1 aliphatic rings. The minimum Gasteiger partial charge on any atom is -0.316 e. The van der Waals surface area contributed by atoms with Crippen LogP contribution in [0.2, 0.25) is 0 Å². The van der Waals surface area contributed by atoms with E-state index in [0.29, 0.717) is 0 Å². The quantitative estimate of drug-likeness (QED) is 0.836. The standard InChI is InChI=1S/C15H25N3/c1-18(13-15-6-3-9-17-12-15)10-4-7-14-5-2-8-16-11-14/h3,6,9,12,14,16H,2,4-5,7-8,10-11,13H2,1H3. The van der Waals surface area contributed by atoms with Crippen LogP contribution in [-0.4, -0.2) is 36.6 Å². The zero-order chi connectivity index (χ0) is 12.6. The van der Waals surface area contributed by atoms with Gasteiger partial charge in [-0.05, 0) is 69.9 Å². The Morgan fingerprint density at radius 2 is 2.44 bits per heavy atom. The third-order valence-corrected chi connectivity index (χ3v) is 3.73. The van der Waals surface area contributed by atoms with Gasteiger partial charge in [-0.1, -0.05) is 6.07 Å². The molecular formula is C15H25N3. The highest BCUT2D eigenvalue weighted by molar-refractivity contribution is 5.07. The van der Waals surface area contributed by atoms with Crippen LogP contribution in [0, 0.1) is 5.92 Å². The van der Waals surface area contributed by atoms with E-state index in [4.69, 9.17) is 0 Å². The SMILES string of the molecule is CN(CCCC1CCCNC1)Cc1cccnc1. The van der Waals surface area contributed by atoms with E-state index in [-0.39, 0.29) is 0 Å². The Kier molecular flexibility index (Phi) is 5.62. The summed E-state index contributed by atoms with van der Waals surface area (Å²) < 4.78 is 0. The van der Waals surface area contributed by atoms with Gasteiger partial charge in [-0.25, -0.2) is 0 Å².